The second-order valence-electron chi connectivity index (χ2n) is 6.93. The van der Waals surface area contributed by atoms with Crippen molar-refractivity contribution in [2.75, 3.05) is 12.4 Å². The molecule has 5 nitrogen and oxygen atoms in total. The van der Waals surface area contributed by atoms with Crippen LogP contribution < -0.4 is 15.5 Å². The first-order valence-electron chi connectivity index (χ1n) is 9.38. The number of carbonyl (C=O) groups is 1. The van der Waals surface area contributed by atoms with Crippen LogP contribution in [0, 0.1) is 19.7 Å². The largest absolute Gasteiger partial charge is 0.491 e. The van der Waals surface area contributed by atoms with E-state index in [4.69, 9.17) is 4.74 Å². The summed E-state index contributed by atoms with van der Waals surface area (Å²) < 4.78 is 19.9. The van der Waals surface area contributed by atoms with Crippen LogP contribution in [-0.2, 0) is 17.1 Å². The number of halogens is 1. The van der Waals surface area contributed by atoms with E-state index in [-0.39, 0.29) is 29.4 Å². The van der Waals surface area contributed by atoms with E-state index in [2.05, 4.69) is 5.32 Å². The van der Waals surface area contributed by atoms with Gasteiger partial charge in [0.15, 0.2) is 5.75 Å². The second kappa shape index (κ2) is 9.63. The van der Waals surface area contributed by atoms with Crippen LogP contribution in [0.15, 0.2) is 64.4 Å². The lowest BCUT2D eigenvalue weighted by Gasteiger charge is -2.15. The van der Waals surface area contributed by atoms with E-state index >= 15 is 0 Å². The van der Waals surface area contributed by atoms with Gasteiger partial charge in [0, 0.05) is 28.1 Å². The number of carbonyl (C=O) groups excluding carboxylic acids is 1. The van der Waals surface area contributed by atoms with Gasteiger partial charge in [0.1, 0.15) is 12.4 Å². The summed E-state index contributed by atoms with van der Waals surface area (Å²) in [6, 6.07) is 13.4. The number of aromatic nitrogens is 1. The van der Waals surface area contributed by atoms with Crippen LogP contribution in [0.25, 0.3) is 0 Å². The molecule has 1 heterocycles. The van der Waals surface area contributed by atoms with Crippen LogP contribution in [0.5, 0.6) is 5.75 Å². The Morgan fingerprint density at radius 3 is 2.53 bits per heavy atom. The van der Waals surface area contributed by atoms with Crippen molar-refractivity contribution in [2.45, 2.75) is 31.0 Å². The third-order valence-electron chi connectivity index (χ3n) is 4.57. The zero-order valence-corrected chi connectivity index (χ0v) is 17.9. The molecule has 30 heavy (non-hydrogen) atoms. The van der Waals surface area contributed by atoms with Crippen molar-refractivity contribution in [3.05, 3.63) is 87.6 Å². The predicted molar refractivity (Wildman–Crippen MR) is 118 cm³/mol. The van der Waals surface area contributed by atoms with Crippen molar-refractivity contribution < 1.29 is 13.9 Å². The van der Waals surface area contributed by atoms with E-state index in [0.717, 1.165) is 21.7 Å². The number of hydrogen-bond acceptors (Lipinski definition) is 4. The second-order valence-corrected chi connectivity index (χ2v) is 7.98. The Kier molecular flexibility index (Phi) is 6.95. The molecule has 0 fully saturated rings. The van der Waals surface area contributed by atoms with E-state index in [9.17, 15) is 14.0 Å². The monoisotopic (exact) mass is 426 g/mol. The van der Waals surface area contributed by atoms with Crippen molar-refractivity contribution in [1.82, 2.24) is 4.57 Å². The van der Waals surface area contributed by atoms with Crippen molar-refractivity contribution in [1.29, 1.82) is 0 Å². The number of ether oxygens (including phenoxy) is 1. The van der Waals surface area contributed by atoms with Gasteiger partial charge >= 0.3 is 0 Å². The van der Waals surface area contributed by atoms with Crippen LogP contribution in [0.4, 0.5) is 10.1 Å². The van der Waals surface area contributed by atoms with E-state index in [1.807, 2.05) is 32.0 Å². The molecule has 0 aliphatic heterocycles. The average Bonchev–Trinajstić information content (AvgIpc) is 2.71. The predicted octanol–water partition coefficient (Wildman–Crippen LogP) is 4.54. The Labute approximate surface area is 178 Å². The number of amides is 1. The lowest BCUT2D eigenvalue weighted by atomic mass is 10.1. The lowest BCUT2D eigenvalue weighted by molar-refractivity contribution is -0.116. The number of nitrogens with zero attached hydrogens (tertiary/aromatic N) is 1. The highest BCUT2D eigenvalue weighted by Gasteiger charge is 2.12. The summed E-state index contributed by atoms with van der Waals surface area (Å²) >= 11 is 1.45. The first-order valence-corrected chi connectivity index (χ1v) is 10.4. The molecule has 156 valence electrons. The topological polar surface area (TPSA) is 60.3 Å². The fourth-order valence-corrected chi connectivity index (χ4v) is 3.90. The maximum Gasteiger partial charge on any atom is 0.244 e. The van der Waals surface area contributed by atoms with E-state index < -0.39 is 0 Å². The normalized spacial score (nSPS) is 10.7. The van der Waals surface area contributed by atoms with Crippen molar-refractivity contribution in [2.24, 2.45) is 0 Å². The summed E-state index contributed by atoms with van der Waals surface area (Å²) in [5.74, 6) is 0.108. The van der Waals surface area contributed by atoms with Crippen LogP contribution in [0.1, 0.15) is 16.8 Å². The van der Waals surface area contributed by atoms with Gasteiger partial charge in [-0.05, 0) is 49.7 Å². The number of rotatable bonds is 7. The SMILES string of the molecule is COc1cn(CC(=O)Nc2ccc(C)cc2C)c(CSc2ccc(F)cc2)cc1=O. The Bertz CT molecular complexity index is 1110. The molecule has 0 saturated carbocycles. The summed E-state index contributed by atoms with van der Waals surface area (Å²) in [6.45, 7) is 3.97. The van der Waals surface area contributed by atoms with Gasteiger partial charge in [0.05, 0.1) is 13.3 Å². The summed E-state index contributed by atoms with van der Waals surface area (Å²) in [7, 11) is 1.42. The van der Waals surface area contributed by atoms with Crippen LogP contribution in [0.2, 0.25) is 0 Å². The molecule has 1 amide bonds. The number of anilines is 1. The van der Waals surface area contributed by atoms with Gasteiger partial charge < -0.3 is 14.6 Å². The summed E-state index contributed by atoms with van der Waals surface area (Å²) in [4.78, 5) is 25.8. The Morgan fingerprint density at radius 1 is 1.13 bits per heavy atom. The molecular weight excluding hydrogens is 403 g/mol. The zero-order chi connectivity index (χ0) is 21.7. The highest BCUT2D eigenvalue weighted by molar-refractivity contribution is 7.98. The molecule has 0 unspecified atom stereocenters. The standard InChI is InChI=1S/C23H23FN2O3S/c1-15-4-9-20(16(2)10-15)25-23(28)13-26-12-22(29-3)21(27)11-18(26)14-30-19-7-5-17(24)6-8-19/h4-12H,13-14H2,1-3H3,(H,25,28). The van der Waals surface area contributed by atoms with Crippen LogP contribution >= 0.6 is 11.8 Å². The molecule has 0 radical (unpaired) electrons. The molecule has 0 aliphatic rings. The molecule has 0 spiro atoms. The van der Waals surface area contributed by atoms with E-state index in [0.29, 0.717) is 11.4 Å². The Balaban J connectivity index is 1.79. The molecule has 1 aromatic heterocycles. The minimum Gasteiger partial charge on any atom is -0.491 e. The average molecular weight is 427 g/mol. The maximum atomic E-state index is 13.1. The molecule has 7 heteroatoms. The number of benzene rings is 2. The quantitative estimate of drug-likeness (QED) is 0.564. The molecule has 0 saturated heterocycles. The Hall–Kier alpha value is -3.06. The van der Waals surface area contributed by atoms with Gasteiger partial charge in [0.25, 0.3) is 0 Å². The third-order valence-corrected chi connectivity index (χ3v) is 5.62. The molecule has 2 aromatic carbocycles. The highest BCUT2D eigenvalue weighted by atomic mass is 32.2. The first-order chi connectivity index (χ1) is 14.4. The minimum absolute atomic E-state index is 0.0310. The maximum absolute atomic E-state index is 13.1. The van der Waals surface area contributed by atoms with Crippen LogP contribution in [0.3, 0.4) is 0 Å². The smallest absolute Gasteiger partial charge is 0.244 e. The molecule has 3 rings (SSSR count). The molecule has 0 bridgehead atoms. The molecule has 1 N–H and O–H groups in total. The number of hydrogen-bond donors (Lipinski definition) is 1. The lowest BCUT2D eigenvalue weighted by Crippen LogP contribution is -2.23. The first kappa shape index (κ1) is 21.6. The number of thioether (sulfide) groups is 1. The van der Waals surface area contributed by atoms with Gasteiger partial charge in [-0.2, -0.15) is 0 Å². The zero-order valence-electron chi connectivity index (χ0n) is 17.1. The van der Waals surface area contributed by atoms with E-state index in [1.165, 1.54) is 37.1 Å². The van der Waals surface area contributed by atoms with Crippen molar-refractivity contribution in [3.8, 4) is 5.75 Å². The van der Waals surface area contributed by atoms with Gasteiger partial charge in [-0.15, -0.1) is 11.8 Å². The number of aryl methyl sites for hydroxylation is 2. The summed E-state index contributed by atoms with van der Waals surface area (Å²) in [6.07, 6.45) is 1.55. The fraction of sp³-hybridized carbons (Fsp3) is 0.217. The van der Waals surface area contributed by atoms with E-state index in [1.54, 1.807) is 22.9 Å². The molecular formula is C23H23FN2O3S. The molecule has 0 atom stereocenters. The minimum atomic E-state index is -0.302. The van der Waals surface area contributed by atoms with Gasteiger partial charge in [0.2, 0.25) is 11.3 Å². The van der Waals surface area contributed by atoms with Crippen molar-refractivity contribution in [3.63, 3.8) is 0 Å². The highest BCUT2D eigenvalue weighted by Crippen LogP contribution is 2.23. The Morgan fingerprint density at radius 2 is 1.87 bits per heavy atom. The summed E-state index contributed by atoms with van der Waals surface area (Å²) in [5.41, 5.74) is 3.27. The van der Waals surface area contributed by atoms with Gasteiger partial charge in [-0.3, -0.25) is 9.59 Å². The number of methoxy groups -OCH3 is 1. The number of nitrogens with one attached hydrogen (secondary N) is 1. The summed E-state index contributed by atoms with van der Waals surface area (Å²) in [5, 5.41) is 2.92. The van der Waals surface area contributed by atoms with Gasteiger partial charge in [-0.1, -0.05) is 17.7 Å². The third kappa shape index (κ3) is 5.51. The van der Waals surface area contributed by atoms with Gasteiger partial charge in [-0.25, -0.2) is 4.39 Å². The molecule has 0 aliphatic carbocycles. The van der Waals surface area contributed by atoms with Crippen LogP contribution in [-0.4, -0.2) is 17.6 Å². The fourth-order valence-electron chi connectivity index (χ4n) is 3.00. The van der Waals surface area contributed by atoms with Crippen molar-refractivity contribution >= 4 is 23.4 Å². The number of pyridine rings is 1. The molecule has 3 aromatic rings.